The van der Waals surface area contributed by atoms with Gasteiger partial charge >= 0.3 is 18.0 Å². The molecule has 0 heterocycles. The van der Waals surface area contributed by atoms with Gasteiger partial charge in [0.2, 0.25) is 0 Å². The van der Waals surface area contributed by atoms with Crippen LogP contribution in [0.5, 0.6) is 0 Å². The van der Waals surface area contributed by atoms with Gasteiger partial charge in [-0.25, -0.2) is 4.79 Å². The van der Waals surface area contributed by atoms with Crippen LogP contribution in [-0.2, 0) is 32.1 Å². The molecule has 33 heavy (non-hydrogen) atoms. The predicted molar refractivity (Wildman–Crippen MR) is 124 cm³/mol. The van der Waals surface area contributed by atoms with Gasteiger partial charge in [-0.1, -0.05) is 66.7 Å². The van der Waals surface area contributed by atoms with Crippen LogP contribution in [0.1, 0.15) is 29.5 Å². The molecule has 7 heteroatoms. The number of aliphatic carboxylic acids is 1. The molecule has 0 bridgehead atoms. The van der Waals surface area contributed by atoms with Gasteiger partial charge in [-0.3, -0.25) is 9.59 Å². The molecule has 0 fully saturated rings. The second kappa shape index (κ2) is 11.7. The van der Waals surface area contributed by atoms with Gasteiger partial charge in [0.15, 0.2) is 0 Å². The first-order valence-corrected chi connectivity index (χ1v) is 10.7. The van der Waals surface area contributed by atoms with E-state index >= 15 is 0 Å². The smallest absolute Gasteiger partial charge is 0.407 e. The maximum Gasteiger partial charge on any atom is 0.407 e. The maximum atomic E-state index is 12.4. The number of alkyl carbamates (subject to hydrolysis) is 1. The lowest BCUT2D eigenvalue weighted by atomic mass is 9.98. The minimum atomic E-state index is -1.07. The summed E-state index contributed by atoms with van der Waals surface area (Å²) >= 11 is 0. The van der Waals surface area contributed by atoms with Crippen molar-refractivity contribution >= 4 is 28.8 Å². The van der Waals surface area contributed by atoms with Crippen molar-refractivity contribution in [2.45, 2.75) is 38.8 Å². The Morgan fingerprint density at radius 2 is 1.61 bits per heavy atom. The summed E-state index contributed by atoms with van der Waals surface area (Å²) in [6.45, 7) is 2.08. The number of aryl methyl sites for hydroxylation is 1. The fourth-order valence-corrected chi connectivity index (χ4v) is 3.56. The lowest BCUT2D eigenvalue weighted by Crippen LogP contribution is -2.37. The largest absolute Gasteiger partial charge is 0.481 e. The monoisotopic (exact) mass is 449 g/mol. The van der Waals surface area contributed by atoms with Gasteiger partial charge in [-0.05, 0) is 34.4 Å². The number of hydrogen-bond acceptors (Lipinski definition) is 5. The average molecular weight is 450 g/mol. The Hall–Kier alpha value is -3.87. The normalized spacial score (nSPS) is 11.5. The number of fused-ring (bicyclic) bond motifs is 1. The molecule has 1 atom stereocenters. The SMILES string of the molecule is Cc1ccc(CC(=O)OCCC(CC(=O)O)NC(=O)OCc2ccccc2)c2ccccc12. The molecule has 0 spiro atoms. The van der Waals surface area contributed by atoms with Crippen LogP contribution < -0.4 is 5.32 Å². The Morgan fingerprint density at radius 3 is 2.33 bits per heavy atom. The first-order valence-electron chi connectivity index (χ1n) is 10.7. The zero-order chi connectivity index (χ0) is 23.6. The van der Waals surface area contributed by atoms with Crippen LogP contribution in [-0.4, -0.2) is 35.8 Å². The summed E-state index contributed by atoms with van der Waals surface area (Å²) in [5.74, 6) is -1.48. The lowest BCUT2D eigenvalue weighted by Gasteiger charge is -2.17. The molecular weight excluding hydrogens is 422 g/mol. The fourth-order valence-electron chi connectivity index (χ4n) is 3.56. The van der Waals surface area contributed by atoms with Crippen molar-refractivity contribution in [3.8, 4) is 0 Å². The van der Waals surface area contributed by atoms with Crippen LogP contribution in [0.25, 0.3) is 10.8 Å². The van der Waals surface area contributed by atoms with Crippen molar-refractivity contribution < 1.29 is 29.0 Å². The minimum absolute atomic E-state index is 0.0143. The Morgan fingerprint density at radius 1 is 0.909 bits per heavy atom. The summed E-state index contributed by atoms with van der Waals surface area (Å²) in [6, 6.07) is 20.2. The number of amides is 1. The zero-order valence-electron chi connectivity index (χ0n) is 18.5. The highest BCUT2D eigenvalue weighted by Gasteiger charge is 2.18. The van der Waals surface area contributed by atoms with E-state index in [4.69, 9.17) is 14.6 Å². The lowest BCUT2D eigenvalue weighted by molar-refractivity contribution is -0.143. The molecule has 0 saturated carbocycles. The number of esters is 1. The molecule has 0 radical (unpaired) electrons. The van der Waals surface area contributed by atoms with E-state index in [9.17, 15) is 14.4 Å². The Kier molecular flexibility index (Phi) is 8.41. The molecule has 172 valence electrons. The number of nitrogens with one attached hydrogen (secondary N) is 1. The second-order valence-electron chi connectivity index (χ2n) is 7.77. The van der Waals surface area contributed by atoms with Gasteiger partial charge in [0, 0.05) is 12.5 Å². The topological polar surface area (TPSA) is 102 Å². The fraction of sp³-hybridized carbons (Fsp3) is 0.269. The second-order valence-corrected chi connectivity index (χ2v) is 7.77. The van der Waals surface area contributed by atoms with Crippen LogP contribution in [0.3, 0.4) is 0 Å². The number of carbonyl (C=O) groups excluding carboxylic acids is 2. The molecule has 0 aliphatic heterocycles. The zero-order valence-corrected chi connectivity index (χ0v) is 18.5. The van der Waals surface area contributed by atoms with E-state index in [0.29, 0.717) is 0 Å². The van der Waals surface area contributed by atoms with E-state index in [2.05, 4.69) is 5.32 Å². The minimum Gasteiger partial charge on any atom is -0.481 e. The van der Waals surface area contributed by atoms with Gasteiger partial charge < -0.3 is 19.9 Å². The molecule has 3 aromatic rings. The summed E-state index contributed by atoms with van der Waals surface area (Å²) in [7, 11) is 0. The third-order valence-corrected chi connectivity index (χ3v) is 5.25. The molecule has 1 unspecified atom stereocenters. The van der Waals surface area contributed by atoms with E-state index < -0.39 is 24.1 Å². The van der Waals surface area contributed by atoms with Crippen LogP contribution in [0, 0.1) is 6.92 Å². The summed E-state index contributed by atoms with van der Waals surface area (Å²) < 4.78 is 10.5. The summed E-state index contributed by atoms with van der Waals surface area (Å²) in [5, 5.41) is 13.8. The quantitative estimate of drug-likeness (QED) is 0.445. The molecule has 1 amide bonds. The van der Waals surface area contributed by atoms with E-state index in [0.717, 1.165) is 27.5 Å². The van der Waals surface area contributed by atoms with E-state index in [1.165, 1.54) is 0 Å². The third-order valence-electron chi connectivity index (χ3n) is 5.25. The van der Waals surface area contributed by atoms with Crippen molar-refractivity contribution in [1.82, 2.24) is 5.32 Å². The van der Waals surface area contributed by atoms with Crippen molar-refractivity contribution in [2.24, 2.45) is 0 Å². The molecule has 0 aromatic heterocycles. The van der Waals surface area contributed by atoms with Crippen LogP contribution in [0.4, 0.5) is 4.79 Å². The predicted octanol–water partition coefficient (Wildman–Crippen LogP) is 4.39. The highest BCUT2D eigenvalue weighted by Crippen LogP contribution is 2.23. The van der Waals surface area contributed by atoms with Crippen molar-refractivity contribution in [3.05, 3.63) is 83.4 Å². The van der Waals surface area contributed by atoms with Crippen LogP contribution >= 0.6 is 0 Å². The van der Waals surface area contributed by atoms with Crippen molar-refractivity contribution in [3.63, 3.8) is 0 Å². The Bertz CT molecular complexity index is 1110. The first-order chi connectivity index (χ1) is 15.9. The first kappa shape index (κ1) is 23.8. The number of carbonyl (C=O) groups is 3. The standard InChI is InChI=1S/C26H27NO6/c1-18-11-12-20(23-10-6-5-9-22(18)23)15-25(30)32-14-13-21(16-24(28)29)27-26(31)33-17-19-7-3-2-4-8-19/h2-12,21H,13-17H2,1H3,(H,27,31)(H,28,29). The molecule has 3 aromatic carbocycles. The molecule has 2 N–H and O–H groups in total. The molecule has 0 aliphatic rings. The summed E-state index contributed by atoms with van der Waals surface area (Å²) in [5.41, 5.74) is 2.82. The molecule has 0 aliphatic carbocycles. The highest BCUT2D eigenvalue weighted by atomic mass is 16.5. The van der Waals surface area contributed by atoms with Crippen molar-refractivity contribution in [2.75, 3.05) is 6.61 Å². The number of carboxylic acids is 1. The Labute approximate surface area is 192 Å². The summed E-state index contributed by atoms with van der Waals surface area (Å²) in [6.07, 6.45) is -0.757. The number of benzene rings is 3. The van der Waals surface area contributed by atoms with E-state index in [1.54, 1.807) is 0 Å². The Balaban J connectivity index is 1.49. The highest BCUT2D eigenvalue weighted by molar-refractivity contribution is 5.91. The molecular formula is C26H27NO6. The van der Waals surface area contributed by atoms with E-state index in [1.807, 2.05) is 73.7 Å². The van der Waals surface area contributed by atoms with Crippen LogP contribution in [0.15, 0.2) is 66.7 Å². The van der Waals surface area contributed by atoms with Crippen LogP contribution in [0.2, 0.25) is 0 Å². The number of ether oxygens (including phenoxy) is 2. The maximum absolute atomic E-state index is 12.4. The molecule has 0 saturated heterocycles. The van der Waals surface area contributed by atoms with Gasteiger partial charge in [0.25, 0.3) is 0 Å². The summed E-state index contributed by atoms with van der Waals surface area (Å²) in [4.78, 5) is 35.6. The van der Waals surface area contributed by atoms with Gasteiger partial charge in [0.05, 0.1) is 19.4 Å². The van der Waals surface area contributed by atoms with Gasteiger partial charge in [-0.15, -0.1) is 0 Å². The number of carboxylic acid groups (broad SMARTS) is 1. The number of hydrogen-bond donors (Lipinski definition) is 2. The third kappa shape index (κ3) is 7.35. The van der Waals surface area contributed by atoms with Gasteiger partial charge in [-0.2, -0.15) is 0 Å². The van der Waals surface area contributed by atoms with Gasteiger partial charge in [0.1, 0.15) is 6.61 Å². The van der Waals surface area contributed by atoms with Crippen molar-refractivity contribution in [1.29, 1.82) is 0 Å². The molecule has 3 rings (SSSR count). The molecule has 7 nitrogen and oxygen atoms in total. The van der Waals surface area contributed by atoms with E-state index in [-0.39, 0.29) is 32.5 Å². The number of rotatable bonds is 10. The average Bonchev–Trinajstić information content (AvgIpc) is 2.80.